The van der Waals surface area contributed by atoms with Crippen LogP contribution in [0.5, 0.6) is 0 Å². The lowest BCUT2D eigenvalue weighted by molar-refractivity contribution is 0.669. The van der Waals surface area contributed by atoms with E-state index in [4.69, 9.17) is 38.7 Å². The van der Waals surface area contributed by atoms with Crippen LogP contribution in [0.2, 0.25) is 0 Å². The van der Waals surface area contributed by atoms with Crippen molar-refractivity contribution < 1.29 is 8.83 Å². The Balaban J connectivity index is 0.000000141. The highest BCUT2D eigenvalue weighted by molar-refractivity contribution is 6.16. The van der Waals surface area contributed by atoms with Crippen LogP contribution in [0.25, 0.3) is 212 Å². The molecule has 0 spiro atoms. The third-order valence-electron chi connectivity index (χ3n) is 21.3. The van der Waals surface area contributed by atoms with E-state index >= 15 is 0 Å². The van der Waals surface area contributed by atoms with E-state index in [-0.39, 0.29) is 0 Å². The molecule has 0 N–H and O–H groups in total. The molecule has 112 heavy (non-hydrogen) atoms. The second kappa shape index (κ2) is 27.5. The van der Waals surface area contributed by atoms with Crippen molar-refractivity contribution in [1.82, 2.24) is 39.0 Å². The van der Waals surface area contributed by atoms with Crippen molar-refractivity contribution >= 4 is 87.5 Å². The molecule has 22 rings (SSSR count). The summed E-state index contributed by atoms with van der Waals surface area (Å²) in [7, 11) is 0. The Hall–Kier alpha value is -15.3. The third kappa shape index (κ3) is 11.5. The van der Waals surface area contributed by atoms with E-state index in [1.807, 2.05) is 146 Å². The molecule has 0 aliphatic rings. The summed E-state index contributed by atoms with van der Waals surface area (Å²) >= 11 is 0. The zero-order chi connectivity index (χ0) is 74.0. The van der Waals surface area contributed by atoms with Gasteiger partial charge in [0.15, 0.2) is 34.9 Å². The average Bonchev–Trinajstić information content (AvgIpc) is 1.57. The fraction of sp³-hybridized carbons (Fsp3) is 0. The van der Waals surface area contributed by atoms with Gasteiger partial charge in [-0.05, 0) is 95.1 Å². The van der Waals surface area contributed by atoms with E-state index in [9.17, 15) is 0 Å². The number of para-hydroxylation sites is 6. The zero-order valence-corrected chi connectivity index (χ0v) is 60.3. The van der Waals surface area contributed by atoms with Gasteiger partial charge in [0.25, 0.3) is 0 Å². The van der Waals surface area contributed by atoms with Crippen LogP contribution in [-0.2, 0) is 0 Å². The van der Waals surface area contributed by atoms with Gasteiger partial charge in [-0.2, -0.15) is 0 Å². The van der Waals surface area contributed by atoms with Gasteiger partial charge in [0.2, 0.25) is 0 Å². The molecule has 0 radical (unpaired) electrons. The number of benzene rings is 16. The average molecular weight is 1430 g/mol. The number of furan rings is 2. The maximum absolute atomic E-state index is 6.48. The SMILES string of the molecule is c1ccc(-c2nc(-c3ccccc3)nc(-c3ccc(-c4ccccc4)c(-n4c5ccccc5c5cc(-c6cccc7c6oc6ccccc67)ccc54)c3)n2)cc1.c1ccc(-c2nc(-c3ccccc3)nc(-c3ccc(-n4c5ccccc5c5cc(-c6cccc7c6oc6ccccc67)ccc54)c(-c4ccccc4)c3)n2)cc1. The van der Waals surface area contributed by atoms with Gasteiger partial charge in [0.05, 0.1) is 33.4 Å². The summed E-state index contributed by atoms with van der Waals surface area (Å²) in [5.74, 6) is 3.76. The molecule has 0 saturated heterocycles. The molecule has 0 atom stereocenters. The quantitative estimate of drug-likeness (QED) is 0.119. The van der Waals surface area contributed by atoms with Crippen molar-refractivity contribution in [2.45, 2.75) is 0 Å². The highest BCUT2D eigenvalue weighted by Crippen LogP contribution is 2.45. The van der Waals surface area contributed by atoms with Crippen molar-refractivity contribution in [3.63, 3.8) is 0 Å². The summed E-state index contributed by atoms with van der Waals surface area (Å²) in [5.41, 5.74) is 24.5. The summed E-state index contributed by atoms with van der Waals surface area (Å²) < 4.78 is 17.7. The molecular weight excluding hydrogens is 1370 g/mol. The van der Waals surface area contributed by atoms with Gasteiger partial charge in [-0.1, -0.05) is 315 Å². The number of rotatable bonds is 12. The van der Waals surface area contributed by atoms with Gasteiger partial charge >= 0.3 is 0 Å². The van der Waals surface area contributed by atoms with Crippen LogP contribution in [0, 0.1) is 0 Å². The molecule has 0 aliphatic carbocycles. The lowest BCUT2D eigenvalue weighted by atomic mass is 9.99. The molecule has 0 unspecified atom stereocenters. The lowest BCUT2D eigenvalue weighted by Crippen LogP contribution is -2.02. The number of hydrogen-bond donors (Lipinski definition) is 0. The third-order valence-corrected chi connectivity index (χ3v) is 21.3. The summed E-state index contributed by atoms with van der Waals surface area (Å²) in [5, 5.41) is 9.18. The molecule has 10 nitrogen and oxygen atoms in total. The maximum atomic E-state index is 6.48. The van der Waals surface area contributed by atoms with Gasteiger partial charge < -0.3 is 18.0 Å². The van der Waals surface area contributed by atoms with Crippen molar-refractivity contribution in [2.24, 2.45) is 0 Å². The molecule has 0 fully saturated rings. The van der Waals surface area contributed by atoms with Crippen LogP contribution in [0.4, 0.5) is 0 Å². The lowest BCUT2D eigenvalue weighted by Gasteiger charge is -2.16. The molecule has 524 valence electrons. The Bertz CT molecular complexity index is 7250. The molecule has 22 aromatic rings. The predicted octanol–water partition coefficient (Wildman–Crippen LogP) is 26.4. The zero-order valence-electron chi connectivity index (χ0n) is 60.3. The Labute approximate surface area is 643 Å². The molecule has 0 saturated carbocycles. The van der Waals surface area contributed by atoms with Gasteiger partial charge in [-0.25, -0.2) is 29.9 Å². The maximum Gasteiger partial charge on any atom is 0.164 e. The van der Waals surface area contributed by atoms with Crippen LogP contribution in [-0.4, -0.2) is 39.0 Å². The van der Waals surface area contributed by atoms with E-state index in [1.165, 1.54) is 16.2 Å². The van der Waals surface area contributed by atoms with Crippen molar-refractivity contribution in [1.29, 1.82) is 0 Å². The van der Waals surface area contributed by atoms with Crippen LogP contribution in [0.3, 0.4) is 0 Å². The summed E-state index contributed by atoms with van der Waals surface area (Å²) in [6.07, 6.45) is 0. The topological polar surface area (TPSA) is 113 Å². The minimum Gasteiger partial charge on any atom is -0.455 e. The first-order valence-corrected chi connectivity index (χ1v) is 37.6. The van der Waals surface area contributed by atoms with Gasteiger partial charge in [-0.15, -0.1) is 0 Å². The standard InChI is InChI=1S/2C51H32N4O/c1-4-15-33(16-5-1)38-29-27-37(51-53-49(34-17-6-2-7-18-34)52-50(54-51)35-19-8-3-9-20-35)32-46(38)55-44-25-12-10-21-40(44)43-31-36(28-30-45(43)55)39-23-14-24-42-41-22-11-13-26-47(41)56-48(39)42;1-4-15-33(16-5-1)42-32-37(51-53-49(34-17-6-2-7-18-34)52-50(54-51)35-19-8-3-9-20-35)28-30-45(42)55-44-25-12-10-21-39(44)43-31-36(27-29-46(43)55)38-23-14-24-41-40-22-11-13-26-47(40)56-48(38)41/h2*1-32H. The number of hydrogen-bond acceptors (Lipinski definition) is 8. The van der Waals surface area contributed by atoms with E-state index < -0.39 is 0 Å². The minimum atomic E-state index is 0.612. The fourth-order valence-corrected chi connectivity index (χ4v) is 16.1. The van der Waals surface area contributed by atoms with E-state index in [0.29, 0.717) is 34.9 Å². The number of aromatic nitrogens is 8. The second-order valence-corrected chi connectivity index (χ2v) is 28.0. The fourth-order valence-electron chi connectivity index (χ4n) is 16.1. The first-order valence-electron chi connectivity index (χ1n) is 37.6. The molecule has 16 aromatic carbocycles. The normalized spacial score (nSPS) is 11.6. The minimum absolute atomic E-state index is 0.612. The largest absolute Gasteiger partial charge is 0.455 e. The van der Waals surface area contributed by atoms with E-state index in [2.05, 4.69) is 252 Å². The molecule has 0 amide bonds. The second-order valence-electron chi connectivity index (χ2n) is 28.0. The molecular formula is C102H64N8O2. The van der Waals surface area contributed by atoms with Gasteiger partial charge in [0.1, 0.15) is 22.3 Å². The molecule has 10 heteroatoms. The molecule has 0 aliphatic heterocycles. The smallest absolute Gasteiger partial charge is 0.164 e. The highest BCUT2D eigenvalue weighted by Gasteiger charge is 2.24. The Morgan fingerprint density at radius 2 is 0.482 bits per heavy atom. The Morgan fingerprint density at radius 1 is 0.170 bits per heavy atom. The van der Waals surface area contributed by atoms with Crippen molar-refractivity contribution in [3.8, 4) is 124 Å². The highest BCUT2D eigenvalue weighted by atomic mass is 16.3. The number of fused-ring (bicyclic) bond motifs is 12. The van der Waals surface area contributed by atoms with Crippen LogP contribution in [0.15, 0.2) is 397 Å². The predicted molar refractivity (Wildman–Crippen MR) is 457 cm³/mol. The summed E-state index contributed by atoms with van der Waals surface area (Å²) in [6.45, 7) is 0. The summed E-state index contributed by atoms with van der Waals surface area (Å²) in [4.78, 5) is 30.2. The van der Waals surface area contributed by atoms with Crippen molar-refractivity contribution in [3.05, 3.63) is 388 Å². The van der Waals surface area contributed by atoms with E-state index in [0.717, 1.165) is 161 Å². The molecule has 6 heterocycles. The van der Waals surface area contributed by atoms with Crippen molar-refractivity contribution in [2.75, 3.05) is 0 Å². The summed E-state index contributed by atoms with van der Waals surface area (Å²) in [6, 6.07) is 135. The Morgan fingerprint density at radius 3 is 0.911 bits per heavy atom. The van der Waals surface area contributed by atoms with Crippen LogP contribution >= 0.6 is 0 Å². The molecule has 0 bridgehead atoms. The van der Waals surface area contributed by atoms with Gasteiger partial charge in [-0.3, -0.25) is 0 Å². The monoisotopic (exact) mass is 1430 g/mol. The van der Waals surface area contributed by atoms with Gasteiger partial charge in [0, 0.05) is 98.7 Å². The Kier molecular flexibility index (Phi) is 16.0. The number of nitrogens with zero attached hydrogens (tertiary/aromatic N) is 8. The van der Waals surface area contributed by atoms with Crippen LogP contribution < -0.4 is 0 Å². The first kappa shape index (κ1) is 65.1. The van der Waals surface area contributed by atoms with Crippen LogP contribution in [0.1, 0.15) is 0 Å². The first-order chi connectivity index (χ1) is 55.5. The van der Waals surface area contributed by atoms with E-state index in [1.54, 1.807) is 0 Å². The molecule has 6 aromatic heterocycles.